The Balaban J connectivity index is 1.75. The molecule has 0 aliphatic carbocycles. The van der Waals surface area contributed by atoms with Gasteiger partial charge in [0, 0.05) is 16.6 Å². The van der Waals surface area contributed by atoms with Crippen LogP contribution in [-0.2, 0) is 16.1 Å². The minimum atomic E-state index is -0.314. The molecule has 1 heterocycles. The lowest BCUT2D eigenvalue weighted by Crippen LogP contribution is -2.13. The van der Waals surface area contributed by atoms with E-state index in [4.69, 9.17) is 9.47 Å². The molecule has 1 N–H and O–H groups in total. The van der Waals surface area contributed by atoms with Crippen LogP contribution in [-0.4, -0.2) is 17.6 Å². The van der Waals surface area contributed by atoms with Crippen molar-refractivity contribution >= 4 is 16.9 Å². The average molecular weight is 323 g/mol. The van der Waals surface area contributed by atoms with Gasteiger partial charge in [0.2, 0.25) is 0 Å². The van der Waals surface area contributed by atoms with Crippen LogP contribution in [0.5, 0.6) is 5.75 Å². The largest absolute Gasteiger partial charge is 0.489 e. The Labute approximate surface area is 141 Å². The van der Waals surface area contributed by atoms with Crippen LogP contribution in [0.15, 0.2) is 54.6 Å². The van der Waals surface area contributed by atoms with Gasteiger partial charge in [0.15, 0.2) is 0 Å². The van der Waals surface area contributed by atoms with E-state index in [9.17, 15) is 4.79 Å². The van der Waals surface area contributed by atoms with Gasteiger partial charge in [-0.1, -0.05) is 30.3 Å². The molecular weight excluding hydrogens is 302 g/mol. The molecule has 1 atom stereocenters. The number of nitrogens with one attached hydrogen (secondary N) is 1. The highest BCUT2D eigenvalue weighted by molar-refractivity contribution is 5.85. The van der Waals surface area contributed by atoms with Crippen molar-refractivity contribution in [2.24, 2.45) is 0 Å². The van der Waals surface area contributed by atoms with Crippen LogP contribution in [0, 0.1) is 0 Å². The number of carbonyl (C=O) groups is 1. The van der Waals surface area contributed by atoms with Crippen LogP contribution in [0.4, 0.5) is 0 Å². The Morgan fingerprint density at radius 3 is 2.67 bits per heavy atom. The van der Waals surface area contributed by atoms with Crippen LogP contribution < -0.4 is 4.74 Å². The van der Waals surface area contributed by atoms with Gasteiger partial charge in [-0.3, -0.25) is 4.79 Å². The number of H-pyrrole nitrogens is 1. The molecule has 3 rings (SSSR count). The third kappa shape index (κ3) is 3.59. The van der Waals surface area contributed by atoms with E-state index in [1.54, 1.807) is 0 Å². The molecular formula is C20H21NO3. The number of fused-ring (bicyclic) bond motifs is 1. The van der Waals surface area contributed by atoms with Crippen LogP contribution in [0.2, 0.25) is 0 Å². The van der Waals surface area contributed by atoms with Crippen molar-refractivity contribution in [2.45, 2.75) is 26.4 Å². The lowest BCUT2D eigenvalue weighted by atomic mass is 10.1. The summed E-state index contributed by atoms with van der Waals surface area (Å²) >= 11 is 0. The predicted molar refractivity (Wildman–Crippen MR) is 94.1 cm³/mol. The summed E-state index contributed by atoms with van der Waals surface area (Å²) in [5.41, 5.74) is 2.96. The molecule has 124 valence electrons. The van der Waals surface area contributed by atoms with E-state index in [1.165, 1.54) is 0 Å². The van der Waals surface area contributed by atoms with E-state index in [-0.39, 0.29) is 11.9 Å². The zero-order chi connectivity index (χ0) is 16.9. The van der Waals surface area contributed by atoms with Gasteiger partial charge >= 0.3 is 5.97 Å². The molecule has 0 saturated heterocycles. The monoisotopic (exact) mass is 323 g/mol. The van der Waals surface area contributed by atoms with Gasteiger partial charge in [0.25, 0.3) is 0 Å². The predicted octanol–water partition coefficient (Wildman–Crippen LogP) is 4.41. The average Bonchev–Trinajstić information content (AvgIpc) is 3.03. The smallest absolute Gasteiger partial charge is 0.314 e. The normalized spacial score (nSPS) is 12.1. The van der Waals surface area contributed by atoms with Gasteiger partial charge in [-0.2, -0.15) is 0 Å². The van der Waals surface area contributed by atoms with Crippen molar-refractivity contribution < 1.29 is 14.3 Å². The Morgan fingerprint density at radius 2 is 1.92 bits per heavy atom. The highest BCUT2D eigenvalue weighted by Gasteiger charge is 2.18. The van der Waals surface area contributed by atoms with E-state index < -0.39 is 0 Å². The van der Waals surface area contributed by atoms with Crippen molar-refractivity contribution in [3.05, 3.63) is 65.9 Å². The molecule has 0 aliphatic heterocycles. The maximum atomic E-state index is 11.9. The first-order valence-electron chi connectivity index (χ1n) is 8.13. The summed E-state index contributed by atoms with van der Waals surface area (Å²) < 4.78 is 10.9. The standard InChI is InChI=1S/C20H21NO3/c1-3-23-20(22)14(2)19-12-16-11-17(9-10-18(16)21-19)24-13-15-7-5-4-6-8-15/h4-12,14,21H,3,13H2,1-2H3. The fourth-order valence-corrected chi connectivity index (χ4v) is 2.59. The second-order valence-corrected chi connectivity index (χ2v) is 5.72. The zero-order valence-electron chi connectivity index (χ0n) is 13.9. The Bertz CT molecular complexity index is 823. The van der Waals surface area contributed by atoms with Crippen LogP contribution in [0.1, 0.15) is 31.0 Å². The second-order valence-electron chi connectivity index (χ2n) is 5.72. The Kier molecular flexibility index (Phi) is 4.85. The van der Waals surface area contributed by atoms with Crippen molar-refractivity contribution in [3.8, 4) is 5.75 Å². The lowest BCUT2D eigenvalue weighted by Gasteiger charge is -2.07. The quantitative estimate of drug-likeness (QED) is 0.683. The SMILES string of the molecule is CCOC(=O)C(C)c1cc2cc(OCc3ccccc3)ccc2[nH]1. The highest BCUT2D eigenvalue weighted by Crippen LogP contribution is 2.26. The number of benzene rings is 2. The number of rotatable bonds is 6. The fourth-order valence-electron chi connectivity index (χ4n) is 2.59. The first-order valence-corrected chi connectivity index (χ1v) is 8.13. The molecule has 0 spiro atoms. The lowest BCUT2D eigenvalue weighted by molar-refractivity contribution is -0.144. The molecule has 0 aliphatic rings. The van der Waals surface area contributed by atoms with E-state index in [2.05, 4.69) is 4.98 Å². The number of carbonyl (C=O) groups excluding carboxylic acids is 1. The first-order chi connectivity index (χ1) is 11.7. The highest BCUT2D eigenvalue weighted by atomic mass is 16.5. The van der Waals surface area contributed by atoms with E-state index >= 15 is 0 Å². The third-order valence-corrected chi connectivity index (χ3v) is 3.97. The summed E-state index contributed by atoms with van der Waals surface area (Å²) in [6, 6.07) is 17.9. The van der Waals surface area contributed by atoms with Crippen molar-refractivity contribution in [2.75, 3.05) is 6.61 Å². The maximum absolute atomic E-state index is 11.9. The van der Waals surface area contributed by atoms with Crippen molar-refractivity contribution in [3.63, 3.8) is 0 Å². The summed E-state index contributed by atoms with van der Waals surface area (Å²) in [5.74, 6) is 0.274. The number of aromatic nitrogens is 1. The molecule has 0 radical (unpaired) electrons. The molecule has 24 heavy (non-hydrogen) atoms. The minimum Gasteiger partial charge on any atom is -0.489 e. The van der Waals surface area contributed by atoms with E-state index in [1.807, 2.05) is 68.4 Å². The molecule has 0 bridgehead atoms. The van der Waals surface area contributed by atoms with Gasteiger partial charge in [-0.05, 0) is 43.7 Å². The molecule has 0 fully saturated rings. The number of ether oxygens (including phenoxy) is 2. The number of hydrogen-bond acceptors (Lipinski definition) is 3. The van der Waals surface area contributed by atoms with E-state index in [0.29, 0.717) is 13.2 Å². The third-order valence-electron chi connectivity index (χ3n) is 3.97. The zero-order valence-corrected chi connectivity index (χ0v) is 13.9. The van der Waals surface area contributed by atoms with Crippen LogP contribution >= 0.6 is 0 Å². The molecule has 0 saturated carbocycles. The maximum Gasteiger partial charge on any atom is 0.314 e. The summed E-state index contributed by atoms with van der Waals surface area (Å²) in [4.78, 5) is 15.2. The first kappa shape index (κ1) is 16.1. The van der Waals surface area contributed by atoms with Gasteiger partial charge in [0.1, 0.15) is 12.4 Å². The number of aromatic amines is 1. The molecule has 4 nitrogen and oxygen atoms in total. The summed E-state index contributed by atoms with van der Waals surface area (Å²) in [6.07, 6.45) is 0. The van der Waals surface area contributed by atoms with Crippen LogP contribution in [0.3, 0.4) is 0 Å². The molecule has 1 aromatic heterocycles. The van der Waals surface area contributed by atoms with Gasteiger partial charge in [0.05, 0.1) is 12.5 Å². The fraction of sp³-hybridized carbons (Fsp3) is 0.250. The Hall–Kier alpha value is -2.75. The van der Waals surface area contributed by atoms with Crippen molar-refractivity contribution in [1.29, 1.82) is 0 Å². The van der Waals surface area contributed by atoms with Gasteiger partial charge < -0.3 is 14.5 Å². The van der Waals surface area contributed by atoms with E-state index in [0.717, 1.165) is 27.9 Å². The summed E-state index contributed by atoms with van der Waals surface area (Å²) in [5, 5.41) is 1.02. The van der Waals surface area contributed by atoms with Gasteiger partial charge in [-0.15, -0.1) is 0 Å². The molecule has 1 unspecified atom stereocenters. The topological polar surface area (TPSA) is 51.3 Å². The van der Waals surface area contributed by atoms with Gasteiger partial charge in [-0.25, -0.2) is 0 Å². The summed E-state index contributed by atoms with van der Waals surface area (Å²) in [7, 11) is 0. The number of hydrogen-bond donors (Lipinski definition) is 1. The van der Waals surface area contributed by atoms with Crippen LogP contribution in [0.25, 0.3) is 10.9 Å². The molecule has 3 aromatic rings. The molecule has 4 heteroatoms. The molecule has 0 amide bonds. The second kappa shape index (κ2) is 7.21. The number of esters is 1. The molecule has 2 aromatic carbocycles. The minimum absolute atomic E-state index is 0.218. The van der Waals surface area contributed by atoms with Crippen molar-refractivity contribution in [1.82, 2.24) is 4.98 Å². The summed E-state index contributed by atoms with van der Waals surface area (Å²) in [6.45, 7) is 4.57. The Morgan fingerprint density at radius 1 is 1.12 bits per heavy atom.